The average Bonchev–Trinajstić information content (AvgIpc) is 3.37. The zero-order valence-electron chi connectivity index (χ0n) is 14.4. The molecule has 1 unspecified atom stereocenters. The number of carbonyl (C=O) groups is 1. The van der Waals surface area contributed by atoms with Gasteiger partial charge in [-0.25, -0.2) is 9.67 Å². The summed E-state index contributed by atoms with van der Waals surface area (Å²) in [5.41, 5.74) is 2.38. The van der Waals surface area contributed by atoms with Crippen LogP contribution >= 0.6 is 11.3 Å². The summed E-state index contributed by atoms with van der Waals surface area (Å²) in [5.74, 6) is 0.406. The highest BCUT2D eigenvalue weighted by atomic mass is 32.1. The topological polar surface area (TPSA) is 71.8 Å². The van der Waals surface area contributed by atoms with Gasteiger partial charge in [0.25, 0.3) is 5.91 Å². The highest BCUT2D eigenvalue weighted by Gasteiger charge is 2.17. The van der Waals surface area contributed by atoms with Gasteiger partial charge in [-0.05, 0) is 44.0 Å². The van der Waals surface area contributed by atoms with E-state index < -0.39 is 0 Å². The van der Waals surface area contributed by atoms with Crippen molar-refractivity contribution in [2.24, 2.45) is 5.92 Å². The number of nitrogens with zero attached hydrogens (tertiary/aromatic N) is 3. The molecule has 1 aliphatic heterocycles. The van der Waals surface area contributed by atoms with E-state index in [9.17, 15) is 4.79 Å². The molecule has 4 rings (SSSR count). The molecule has 1 amide bonds. The molecule has 6 nitrogen and oxygen atoms in total. The molecule has 0 radical (unpaired) electrons. The summed E-state index contributed by atoms with van der Waals surface area (Å²) in [4.78, 5) is 16.8. The Labute approximate surface area is 156 Å². The predicted molar refractivity (Wildman–Crippen MR) is 103 cm³/mol. The largest absolute Gasteiger partial charge is 0.350 e. The van der Waals surface area contributed by atoms with Crippen LogP contribution in [0.25, 0.3) is 16.3 Å². The number of aromatic nitrogens is 3. The number of rotatable bonds is 5. The summed E-state index contributed by atoms with van der Waals surface area (Å²) >= 11 is 1.46. The number of carbonyl (C=O) groups excluding carboxylic acids is 1. The molecule has 2 N–H and O–H groups in total. The average molecular weight is 367 g/mol. The third-order valence-electron chi connectivity index (χ3n) is 4.54. The van der Waals surface area contributed by atoms with Crippen LogP contribution < -0.4 is 10.6 Å². The van der Waals surface area contributed by atoms with E-state index in [0.717, 1.165) is 35.8 Å². The lowest BCUT2D eigenvalue weighted by molar-refractivity contribution is 0.0940. The second-order valence-corrected chi connectivity index (χ2v) is 7.33. The lowest BCUT2D eigenvalue weighted by Gasteiger charge is -2.22. The molecular formula is C19H21N5OS. The lowest BCUT2D eigenvalue weighted by Crippen LogP contribution is -2.38. The van der Waals surface area contributed by atoms with Gasteiger partial charge >= 0.3 is 0 Å². The van der Waals surface area contributed by atoms with Gasteiger partial charge in [-0.1, -0.05) is 18.2 Å². The fourth-order valence-corrected chi connectivity index (χ4v) is 3.87. The molecular weight excluding hydrogens is 346 g/mol. The number of benzene rings is 1. The quantitative estimate of drug-likeness (QED) is 0.727. The van der Waals surface area contributed by atoms with E-state index in [2.05, 4.69) is 20.7 Å². The van der Waals surface area contributed by atoms with E-state index in [1.165, 1.54) is 17.8 Å². The fraction of sp³-hybridized carbons (Fsp3) is 0.316. The predicted octanol–water partition coefficient (Wildman–Crippen LogP) is 2.73. The zero-order valence-corrected chi connectivity index (χ0v) is 15.2. The normalized spacial score (nSPS) is 17.2. The Hall–Kier alpha value is -2.51. The number of amides is 1. The third kappa shape index (κ3) is 3.84. The molecule has 1 aromatic carbocycles. The zero-order chi connectivity index (χ0) is 17.8. The highest BCUT2D eigenvalue weighted by Crippen LogP contribution is 2.24. The first-order chi connectivity index (χ1) is 12.8. The van der Waals surface area contributed by atoms with Crippen molar-refractivity contribution in [2.75, 3.05) is 19.6 Å². The SMILES string of the molecule is O=C(NCC1CCCNC1)c1csc(-c2cnn(-c3ccccc3)c2)n1. The molecule has 0 spiro atoms. The van der Waals surface area contributed by atoms with Gasteiger partial charge < -0.3 is 10.6 Å². The summed E-state index contributed by atoms with van der Waals surface area (Å²) in [6.07, 6.45) is 6.05. The van der Waals surface area contributed by atoms with E-state index in [1.807, 2.05) is 46.6 Å². The van der Waals surface area contributed by atoms with Crippen molar-refractivity contribution in [3.05, 3.63) is 53.8 Å². The van der Waals surface area contributed by atoms with Gasteiger partial charge in [0, 0.05) is 23.7 Å². The maximum absolute atomic E-state index is 12.4. The van der Waals surface area contributed by atoms with Crippen molar-refractivity contribution < 1.29 is 4.79 Å². The highest BCUT2D eigenvalue weighted by molar-refractivity contribution is 7.13. The Balaban J connectivity index is 1.41. The minimum atomic E-state index is -0.103. The van der Waals surface area contributed by atoms with Crippen molar-refractivity contribution in [2.45, 2.75) is 12.8 Å². The number of piperidine rings is 1. The Morgan fingerprint density at radius 1 is 1.35 bits per heavy atom. The Kier molecular flexibility index (Phi) is 5.08. The monoisotopic (exact) mass is 367 g/mol. The van der Waals surface area contributed by atoms with E-state index in [4.69, 9.17) is 0 Å². The minimum absolute atomic E-state index is 0.103. The molecule has 0 saturated carbocycles. The van der Waals surface area contributed by atoms with E-state index in [-0.39, 0.29) is 5.91 Å². The molecule has 1 fully saturated rings. The third-order valence-corrected chi connectivity index (χ3v) is 5.43. The van der Waals surface area contributed by atoms with Crippen molar-refractivity contribution in [3.8, 4) is 16.3 Å². The van der Waals surface area contributed by atoms with Crippen LogP contribution in [0.5, 0.6) is 0 Å². The molecule has 1 saturated heterocycles. The lowest BCUT2D eigenvalue weighted by atomic mass is 10.00. The molecule has 0 aliphatic carbocycles. The van der Waals surface area contributed by atoms with Crippen LogP contribution in [-0.4, -0.2) is 40.3 Å². The van der Waals surface area contributed by atoms with E-state index in [0.29, 0.717) is 18.2 Å². The molecule has 0 bridgehead atoms. The Morgan fingerprint density at radius 2 is 2.23 bits per heavy atom. The van der Waals surface area contributed by atoms with Gasteiger partial charge in [0.2, 0.25) is 0 Å². The molecule has 1 atom stereocenters. The van der Waals surface area contributed by atoms with Crippen molar-refractivity contribution in [3.63, 3.8) is 0 Å². The summed E-state index contributed by atoms with van der Waals surface area (Å²) in [6, 6.07) is 9.92. The minimum Gasteiger partial charge on any atom is -0.350 e. The summed E-state index contributed by atoms with van der Waals surface area (Å²) in [6.45, 7) is 2.75. The molecule has 7 heteroatoms. The maximum atomic E-state index is 12.4. The molecule has 1 aliphatic rings. The Morgan fingerprint density at radius 3 is 3.04 bits per heavy atom. The van der Waals surface area contributed by atoms with Crippen LogP contribution in [0.1, 0.15) is 23.3 Å². The van der Waals surface area contributed by atoms with Crippen LogP contribution in [0.4, 0.5) is 0 Å². The van der Waals surface area contributed by atoms with Gasteiger partial charge in [0.05, 0.1) is 11.9 Å². The van der Waals surface area contributed by atoms with Crippen molar-refractivity contribution in [1.29, 1.82) is 0 Å². The fourth-order valence-electron chi connectivity index (χ4n) is 3.09. The van der Waals surface area contributed by atoms with Crippen molar-refractivity contribution >= 4 is 17.2 Å². The molecule has 2 aromatic heterocycles. The van der Waals surface area contributed by atoms with Crippen LogP contribution in [0, 0.1) is 5.92 Å². The van der Waals surface area contributed by atoms with Crippen LogP contribution in [0.2, 0.25) is 0 Å². The van der Waals surface area contributed by atoms with Gasteiger partial charge in [-0.15, -0.1) is 11.3 Å². The number of hydrogen-bond donors (Lipinski definition) is 2. The summed E-state index contributed by atoms with van der Waals surface area (Å²) in [5, 5.41) is 13.4. The number of hydrogen-bond acceptors (Lipinski definition) is 5. The first-order valence-electron chi connectivity index (χ1n) is 8.84. The van der Waals surface area contributed by atoms with Crippen molar-refractivity contribution in [1.82, 2.24) is 25.4 Å². The first kappa shape index (κ1) is 16.9. The van der Waals surface area contributed by atoms with Crippen LogP contribution in [-0.2, 0) is 0 Å². The van der Waals surface area contributed by atoms with Crippen LogP contribution in [0.3, 0.4) is 0 Å². The maximum Gasteiger partial charge on any atom is 0.270 e. The molecule has 3 heterocycles. The number of nitrogens with one attached hydrogen (secondary N) is 2. The van der Waals surface area contributed by atoms with Gasteiger partial charge in [0.1, 0.15) is 10.7 Å². The second-order valence-electron chi connectivity index (χ2n) is 6.47. The standard InChI is InChI=1S/C19H21N5OS/c25-18(21-10-14-5-4-8-20-9-14)17-13-26-19(23-17)15-11-22-24(12-15)16-6-2-1-3-7-16/h1-3,6-7,11-14,20H,4-5,8-10H2,(H,21,25). The number of para-hydroxylation sites is 1. The second kappa shape index (κ2) is 7.80. The van der Waals surface area contributed by atoms with Gasteiger partial charge in [0.15, 0.2) is 0 Å². The van der Waals surface area contributed by atoms with Gasteiger partial charge in [-0.2, -0.15) is 5.10 Å². The smallest absolute Gasteiger partial charge is 0.270 e. The Bertz CT molecular complexity index is 867. The molecule has 3 aromatic rings. The molecule has 134 valence electrons. The number of thiazole rings is 1. The summed E-state index contributed by atoms with van der Waals surface area (Å²) in [7, 11) is 0. The van der Waals surface area contributed by atoms with Crippen LogP contribution in [0.15, 0.2) is 48.1 Å². The summed E-state index contributed by atoms with van der Waals surface area (Å²) < 4.78 is 1.81. The van der Waals surface area contributed by atoms with Gasteiger partial charge in [-0.3, -0.25) is 4.79 Å². The molecule has 26 heavy (non-hydrogen) atoms. The first-order valence-corrected chi connectivity index (χ1v) is 9.72. The van der Waals surface area contributed by atoms with E-state index >= 15 is 0 Å². The van der Waals surface area contributed by atoms with E-state index in [1.54, 1.807) is 6.20 Å².